The van der Waals surface area contributed by atoms with Crippen LogP contribution in [0, 0.1) is 6.92 Å². The number of nitrogens with one attached hydrogen (secondary N) is 1. The summed E-state index contributed by atoms with van der Waals surface area (Å²) in [5.74, 6) is 2.16. The average Bonchev–Trinajstić information content (AvgIpc) is 2.65. The van der Waals surface area contributed by atoms with Crippen LogP contribution in [0.1, 0.15) is 24.5 Å². The Morgan fingerprint density at radius 3 is 2.38 bits per heavy atom. The van der Waals surface area contributed by atoms with Gasteiger partial charge in [0.2, 0.25) is 5.91 Å². The predicted molar refractivity (Wildman–Crippen MR) is 102 cm³/mol. The number of methoxy groups -OCH3 is 2. The van der Waals surface area contributed by atoms with Crippen LogP contribution in [0.15, 0.2) is 42.5 Å². The maximum absolute atomic E-state index is 12.1. The topological polar surface area (TPSA) is 56.8 Å². The molecule has 26 heavy (non-hydrogen) atoms. The van der Waals surface area contributed by atoms with E-state index in [-0.39, 0.29) is 11.9 Å². The van der Waals surface area contributed by atoms with Gasteiger partial charge in [-0.3, -0.25) is 4.79 Å². The van der Waals surface area contributed by atoms with Crippen molar-refractivity contribution in [3.8, 4) is 17.2 Å². The number of amides is 1. The van der Waals surface area contributed by atoms with Crippen LogP contribution in [-0.4, -0.2) is 32.8 Å². The SMILES string of the molecule is COc1ccc(CCC(=O)N[C@H](C)COc2ccc(C)cc2)cc1OC. The van der Waals surface area contributed by atoms with E-state index < -0.39 is 0 Å². The Hall–Kier alpha value is -2.69. The third-order valence-electron chi connectivity index (χ3n) is 4.02. The highest BCUT2D eigenvalue weighted by atomic mass is 16.5. The highest BCUT2D eigenvalue weighted by Crippen LogP contribution is 2.27. The summed E-state index contributed by atoms with van der Waals surface area (Å²) in [6.45, 7) is 4.40. The molecule has 1 amide bonds. The second kappa shape index (κ2) is 9.70. The molecule has 0 aromatic heterocycles. The number of aryl methyl sites for hydroxylation is 2. The van der Waals surface area contributed by atoms with Crippen LogP contribution in [0.3, 0.4) is 0 Å². The molecular formula is C21H27NO4. The van der Waals surface area contributed by atoms with E-state index in [1.165, 1.54) is 5.56 Å². The number of rotatable bonds is 9. The van der Waals surface area contributed by atoms with Crippen molar-refractivity contribution >= 4 is 5.91 Å². The summed E-state index contributed by atoms with van der Waals surface area (Å²) in [4.78, 5) is 12.1. The first kappa shape index (κ1) is 19.6. The number of hydrogen-bond acceptors (Lipinski definition) is 4. The molecule has 0 aliphatic heterocycles. The van der Waals surface area contributed by atoms with Gasteiger partial charge in [-0.15, -0.1) is 0 Å². The van der Waals surface area contributed by atoms with Gasteiger partial charge in [0.1, 0.15) is 12.4 Å². The molecule has 0 heterocycles. The number of ether oxygens (including phenoxy) is 3. The molecule has 1 N–H and O–H groups in total. The first-order valence-electron chi connectivity index (χ1n) is 8.71. The van der Waals surface area contributed by atoms with Crippen molar-refractivity contribution in [1.29, 1.82) is 0 Å². The summed E-state index contributed by atoms with van der Waals surface area (Å²) in [6.07, 6.45) is 1.04. The number of hydrogen-bond donors (Lipinski definition) is 1. The standard InChI is InChI=1S/C21H27NO4/c1-15-5-9-18(10-6-15)26-14-16(2)22-21(23)12-8-17-7-11-19(24-3)20(13-17)25-4/h5-7,9-11,13,16H,8,12,14H2,1-4H3,(H,22,23)/t16-/m1/s1. The highest BCUT2D eigenvalue weighted by molar-refractivity contribution is 5.76. The molecule has 1 atom stereocenters. The van der Waals surface area contributed by atoms with Gasteiger partial charge in [0.15, 0.2) is 11.5 Å². The lowest BCUT2D eigenvalue weighted by molar-refractivity contribution is -0.121. The molecule has 0 saturated carbocycles. The number of carbonyl (C=O) groups is 1. The molecule has 2 aromatic rings. The zero-order valence-electron chi connectivity index (χ0n) is 15.9. The molecule has 0 fully saturated rings. The van der Waals surface area contributed by atoms with Crippen molar-refractivity contribution in [2.24, 2.45) is 0 Å². The largest absolute Gasteiger partial charge is 0.493 e. The van der Waals surface area contributed by atoms with Crippen LogP contribution in [0.5, 0.6) is 17.2 Å². The summed E-state index contributed by atoms with van der Waals surface area (Å²) >= 11 is 0. The summed E-state index contributed by atoms with van der Waals surface area (Å²) in [7, 11) is 3.20. The Bertz CT molecular complexity index is 712. The van der Waals surface area contributed by atoms with E-state index in [9.17, 15) is 4.79 Å². The van der Waals surface area contributed by atoms with E-state index in [0.717, 1.165) is 11.3 Å². The first-order chi connectivity index (χ1) is 12.5. The Morgan fingerprint density at radius 1 is 1.04 bits per heavy atom. The lowest BCUT2D eigenvalue weighted by Crippen LogP contribution is -2.36. The van der Waals surface area contributed by atoms with Crippen molar-refractivity contribution in [3.05, 3.63) is 53.6 Å². The minimum absolute atomic E-state index is 0.000194. The Balaban J connectivity index is 1.76. The summed E-state index contributed by atoms with van der Waals surface area (Å²) in [5.41, 5.74) is 2.22. The molecule has 0 aliphatic carbocycles. The number of carbonyl (C=O) groups excluding carboxylic acids is 1. The molecule has 0 spiro atoms. The fraction of sp³-hybridized carbons (Fsp3) is 0.381. The Morgan fingerprint density at radius 2 is 1.73 bits per heavy atom. The molecular weight excluding hydrogens is 330 g/mol. The number of benzene rings is 2. The zero-order chi connectivity index (χ0) is 18.9. The van der Waals surface area contributed by atoms with Gasteiger partial charge in [-0.1, -0.05) is 23.8 Å². The maximum atomic E-state index is 12.1. The monoisotopic (exact) mass is 357 g/mol. The minimum atomic E-state index is -0.0609. The van der Waals surface area contributed by atoms with Gasteiger partial charge in [0, 0.05) is 6.42 Å². The van der Waals surface area contributed by atoms with Crippen LogP contribution < -0.4 is 19.5 Å². The van der Waals surface area contributed by atoms with Crippen molar-refractivity contribution in [2.75, 3.05) is 20.8 Å². The summed E-state index contributed by atoms with van der Waals surface area (Å²) < 4.78 is 16.2. The van der Waals surface area contributed by atoms with Crippen molar-refractivity contribution in [3.63, 3.8) is 0 Å². The van der Waals surface area contributed by atoms with Gasteiger partial charge >= 0.3 is 0 Å². The maximum Gasteiger partial charge on any atom is 0.220 e. The van der Waals surface area contributed by atoms with Gasteiger partial charge in [0.05, 0.1) is 20.3 Å². The van der Waals surface area contributed by atoms with Gasteiger partial charge in [-0.25, -0.2) is 0 Å². The smallest absolute Gasteiger partial charge is 0.220 e. The molecule has 2 rings (SSSR count). The molecule has 140 valence electrons. The third-order valence-corrected chi connectivity index (χ3v) is 4.02. The second-order valence-electron chi connectivity index (χ2n) is 6.28. The van der Waals surface area contributed by atoms with Gasteiger partial charge < -0.3 is 19.5 Å². The van der Waals surface area contributed by atoms with E-state index in [4.69, 9.17) is 14.2 Å². The molecule has 0 radical (unpaired) electrons. The van der Waals surface area contributed by atoms with Crippen LogP contribution >= 0.6 is 0 Å². The Kier molecular flexibility index (Phi) is 7.33. The van der Waals surface area contributed by atoms with Gasteiger partial charge in [-0.05, 0) is 50.1 Å². The van der Waals surface area contributed by atoms with E-state index in [2.05, 4.69) is 5.32 Å². The fourth-order valence-electron chi connectivity index (χ4n) is 2.54. The summed E-state index contributed by atoms with van der Waals surface area (Å²) in [5, 5.41) is 2.96. The normalized spacial score (nSPS) is 11.5. The molecule has 0 bridgehead atoms. The third kappa shape index (κ3) is 5.99. The van der Waals surface area contributed by atoms with E-state index >= 15 is 0 Å². The Labute approximate surface area is 155 Å². The van der Waals surface area contributed by atoms with Crippen LogP contribution in [0.25, 0.3) is 0 Å². The van der Waals surface area contributed by atoms with Crippen molar-refractivity contribution in [1.82, 2.24) is 5.32 Å². The quantitative estimate of drug-likeness (QED) is 0.746. The van der Waals surface area contributed by atoms with Gasteiger partial charge in [-0.2, -0.15) is 0 Å². The summed E-state index contributed by atoms with van der Waals surface area (Å²) in [6, 6.07) is 13.5. The zero-order valence-corrected chi connectivity index (χ0v) is 15.9. The molecule has 0 unspecified atom stereocenters. The van der Waals surface area contributed by atoms with Crippen molar-refractivity contribution in [2.45, 2.75) is 32.7 Å². The minimum Gasteiger partial charge on any atom is -0.493 e. The van der Waals surface area contributed by atoms with E-state index in [1.54, 1.807) is 14.2 Å². The lowest BCUT2D eigenvalue weighted by Gasteiger charge is -2.15. The molecule has 2 aromatic carbocycles. The molecule has 0 saturated heterocycles. The molecule has 0 aliphatic rings. The van der Waals surface area contributed by atoms with Crippen LogP contribution in [0.4, 0.5) is 0 Å². The molecule has 5 heteroatoms. The fourth-order valence-corrected chi connectivity index (χ4v) is 2.54. The predicted octanol–water partition coefficient (Wildman–Crippen LogP) is 3.53. The average molecular weight is 357 g/mol. The first-order valence-corrected chi connectivity index (χ1v) is 8.71. The van der Waals surface area contributed by atoms with Crippen molar-refractivity contribution < 1.29 is 19.0 Å². The van der Waals surface area contributed by atoms with E-state index in [0.29, 0.717) is 30.9 Å². The molecule has 5 nitrogen and oxygen atoms in total. The van der Waals surface area contributed by atoms with Crippen LogP contribution in [-0.2, 0) is 11.2 Å². The van der Waals surface area contributed by atoms with Crippen LogP contribution in [0.2, 0.25) is 0 Å². The van der Waals surface area contributed by atoms with E-state index in [1.807, 2.05) is 56.3 Å². The lowest BCUT2D eigenvalue weighted by atomic mass is 10.1. The highest BCUT2D eigenvalue weighted by Gasteiger charge is 2.10. The second-order valence-corrected chi connectivity index (χ2v) is 6.28. The van der Waals surface area contributed by atoms with Gasteiger partial charge in [0.25, 0.3) is 0 Å².